The second-order valence-electron chi connectivity index (χ2n) is 9.03. The third kappa shape index (κ3) is 25.2. The van der Waals surface area contributed by atoms with Crippen molar-refractivity contribution in [2.75, 3.05) is 6.61 Å². The molecule has 0 atom stereocenters. The lowest BCUT2D eigenvalue weighted by Gasteiger charge is -2.05. The monoisotopic (exact) mass is 422 g/mol. The first-order valence-electron chi connectivity index (χ1n) is 13.6. The van der Waals surface area contributed by atoms with Crippen LogP contribution in [0.5, 0.6) is 0 Å². The van der Waals surface area contributed by atoms with Gasteiger partial charge in [-0.15, -0.1) is 0 Å². The van der Waals surface area contributed by atoms with Gasteiger partial charge in [-0.3, -0.25) is 4.79 Å². The number of allylic oxidation sites excluding steroid dienone is 2. The molecular weight excluding hydrogens is 368 g/mol. The van der Waals surface area contributed by atoms with Gasteiger partial charge >= 0.3 is 5.97 Å². The van der Waals surface area contributed by atoms with Crippen LogP contribution in [0, 0.1) is 0 Å². The van der Waals surface area contributed by atoms with Crippen molar-refractivity contribution < 1.29 is 9.53 Å². The maximum Gasteiger partial charge on any atom is 0.305 e. The maximum atomic E-state index is 11.8. The number of carbonyl (C=O) groups excluding carboxylic acids is 1. The summed E-state index contributed by atoms with van der Waals surface area (Å²) in [5.74, 6) is 0.0110. The number of esters is 1. The number of rotatable bonds is 24. The summed E-state index contributed by atoms with van der Waals surface area (Å²) >= 11 is 0. The topological polar surface area (TPSA) is 26.3 Å². The van der Waals surface area contributed by atoms with Crippen molar-refractivity contribution in [3.05, 3.63) is 12.2 Å². The average molecular weight is 423 g/mol. The van der Waals surface area contributed by atoms with E-state index in [4.69, 9.17) is 4.74 Å². The SMILES string of the molecule is CCCCCCC=CCCCCCCCC(=O)OCCCCCCCCCCCC. The molecule has 0 aliphatic rings. The fourth-order valence-electron chi connectivity index (χ4n) is 3.83. The van der Waals surface area contributed by atoms with Gasteiger partial charge in [0.05, 0.1) is 6.61 Å². The van der Waals surface area contributed by atoms with Gasteiger partial charge in [-0.25, -0.2) is 0 Å². The van der Waals surface area contributed by atoms with E-state index in [-0.39, 0.29) is 5.97 Å². The Kier molecular flexibility index (Phi) is 25.6. The summed E-state index contributed by atoms with van der Waals surface area (Å²) in [6.45, 7) is 5.16. The van der Waals surface area contributed by atoms with Crippen LogP contribution in [0.1, 0.15) is 155 Å². The van der Waals surface area contributed by atoms with Crippen molar-refractivity contribution in [3.8, 4) is 0 Å². The Morgan fingerprint density at radius 3 is 1.47 bits per heavy atom. The minimum absolute atomic E-state index is 0.0110. The molecule has 0 spiro atoms. The van der Waals surface area contributed by atoms with Gasteiger partial charge in [0.2, 0.25) is 0 Å². The zero-order chi connectivity index (χ0) is 22.0. The molecule has 0 aromatic rings. The minimum Gasteiger partial charge on any atom is -0.466 e. The molecule has 178 valence electrons. The van der Waals surface area contributed by atoms with Crippen molar-refractivity contribution in [3.63, 3.8) is 0 Å². The summed E-state index contributed by atoms with van der Waals surface area (Å²) in [6, 6.07) is 0. The third-order valence-corrected chi connectivity index (χ3v) is 5.90. The molecule has 30 heavy (non-hydrogen) atoms. The lowest BCUT2D eigenvalue weighted by Crippen LogP contribution is -2.05. The van der Waals surface area contributed by atoms with Gasteiger partial charge in [-0.2, -0.15) is 0 Å². The van der Waals surface area contributed by atoms with Crippen LogP contribution in [0.2, 0.25) is 0 Å². The van der Waals surface area contributed by atoms with Crippen LogP contribution in [0.15, 0.2) is 12.2 Å². The van der Waals surface area contributed by atoms with Crippen molar-refractivity contribution >= 4 is 5.97 Å². The van der Waals surface area contributed by atoms with Crippen LogP contribution < -0.4 is 0 Å². The Hall–Kier alpha value is -0.790. The van der Waals surface area contributed by atoms with Crippen LogP contribution in [0.3, 0.4) is 0 Å². The largest absolute Gasteiger partial charge is 0.466 e. The van der Waals surface area contributed by atoms with Crippen LogP contribution in [-0.4, -0.2) is 12.6 Å². The highest BCUT2D eigenvalue weighted by Crippen LogP contribution is 2.11. The van der Waals surface area contributed by atoms with E-state index in [0.29, 0.717) is 13.0 Å². The van der Waals surface area contributed by atoms with E-state index in [1.54, 1.807) is 0 Å². The molecule has 0 heterocycles. The highest BCUT2D eigenvalue weighted by atomic mass is 16.5. The molecule has 0 saturated heterocycles. The lowest BCUT2D eigenvalue weighted by atomic mass is 10.1. The number of unbranched alkanes of at least 4 members (excludes halogenated alkanes) is 18. The van der Waals surface area contributed by atoms with E-state index in [1.807, 2.05) is 0 Å². The quantitative estimate of drug-likeness (QED) is 0.0878. The molecule has 0 unspecified atom stereocenters. The van der Waals surface area contributed by atoms with E-state index in [2.05, 4.69) is 26.0 Å². The smallest absolute Gasteiger partial charge is 0.305 e. The van der Waals surface area contributed by atoms with Gasteiger partial charge in [-0.1, -0.05) is 122 Å². The van der Waals surface area contributed by atoms with E-state index in [9.17, 15) is 4.79 Å². The van der Waals surface area contributed by atoms with Crippen LogP contribution in [0.25, 0.3) is 0 Å². The normalized spacial score (nSPS) is 11.4. The van der Waals surface area contributed by atoms with Gasteiger partial charge in [0, 0.05) is 6.42 Å². The van der Waals surface area contributed by atoms with Gasteiger partial charge in [0.1, 0.15) is 0 Å². The molecule has 0 aromatic heterocycles. The Labute approximate surface area is 189 Å². The Morgan fingerprint density at radius 1 is 0.533 bits per heavy atom. The molecule has 2 heteroatoms. The summed E-state index contributed by atoms with van der Waals surface area (Å²) in [4.78, 5) is 11.8. The number of ether oxygens (including phenoxy) is 1. The summed E-state index contributed by atoms with van der Waals surface area (Å²) in [6.07, 6.45) is 32.4. The molecule has 0 bridgehead atoms. The Balaban J connectivity index is 3.19. The molecule has 0 fully saturated rings. The highest BCUT2D eigenvalue weighted by Gasteiger charge is 2.02. The molecule has 0 aromatic carbocycles. The number of carbonyl (C=O) groups is 1. The second-order valence-corrected chi connectivity index (χ2v) is 9.03. The molecule has 2 nitrogen and oxygen atoms in total. The molecule has 0 radical (unpaired) electrons. The standard InChI is InChI=1S/C28H54O2/c1-3-5-7-9-11-13-15-16-17-18-20-22-24-26-28(29)30-27-25-23-21-19-14-12-10-8-6-4-2/h13,15H,3-12,14,16-27H2,1-2H3. The predicted octanol–water partition coefficient (Wildman–Crippen LogP) is 9.71. The van der Waals surface area contributed by atoms with Gasteiger partial charge < -0.3 is 4.74 Å². The molecule has 0 aliphatic carbocycles. The summed E-state index contributed by atoms with van der Waals surface area (Å²) in [7, 11) is 0. The van der Waals surface area contributed by atoms with Crippen molar-refractivity contribution in [2.45, 2.75) is 155 Å². The number of hydrogen-bond donors (Lipinski definition) is 0. The molecule has 0 rings (SSSR count). The van der Waals surface area contributed by atoms with Crippen molar-refractivity contribution in [2.24, 2.45) is 0 Å². The average Bonchev–Trinajstić information content (AvgIpc) is 2.75. The molecule has 0 saturated carbocycles. The molecule has 0 amide bonds. The molecule has 0 N–H and O–H groups in total. The van der Waals surface area contributed by atoms with Crippen molar-refractivity contribution in [1.82, 2.24) is 0 Å². The highest BCUT2D eigenvalue weighted by molar-refractivity contribution is 5.69. The molecular formula is C28H54O2. The van der Waals surface area contributed by atoms with Crippen LogP contribution >= 0.6 is 0 Å². The summed E-state index contributed by atoms with van der Waals surface area (Å²) in [5.41, 5.74) is 0. The predicted molar refractivity (Wildman–Crippen MR) is 133 cm³/mol. The Morgan fingerprint density at radius 2 is 0.933 bits per heavy atom. The Bertz CT molecular complexity index is 362. The molecule has 0 aliphatic heterocycles. The lowest BCUT2D eigenvalue weighted by molar-refractivity contribution is -0.143. The van der Waals surface area contributed by atoms with Gasteiger partial charge in [0.25, 0.3) is 0 Å². The minimum atomic E-state index is 0.0110. The zero-order valence-corrected chi connectivity index (χ0v) is 20.7. The first-order chi connectivity index (χ1) is 14.8. The second kappa shape index (κ2) is 26.2. The first kappa shape index (κ1) is 29.2. The van der Waals surface area contributed by atoms with E-state index in [1.165, 1.54) is 116 Å². The van der Waals surface area contributed by atoms with Crippen molar-refractivity contribution in [1.29, 1.82) is 0 Å². The third-order valence-electron chi connectivity index (χ3n) is 5.90. The van der Waals surface area contributed by atoms with E-state index < -0.39 is 0 Å². The summed E-state index contributed by atoms with van der Waals surface area (Å²) < 4.78 is 5.37. The van der Waals surface area contributed by atoms with Crippen LogP contribution in [-0.2, 0) is 9.53 Å². The van der Waals surface area contributed by atoms with Gasteiger partial charge in [0.15, 0.2) is 0 Å². The number of hydrogen-bond acceptors (Lipinski definition) is 2. The van der Waals surface area contributed by atoms with E-state index in [0.717, 1.165) is 19.3 Å². The fraction of sp³-hybridized carbons (Fsp3) is 0.893. The van der Waals surface area contributed by atoms with Crippen LogP contribution in [0.4, 0.5) is 0 Å². The maximum absolute atomic E-state index is 11.8. The van der Waals surface area contributed by atoms with Gasteiger partial charge in [-0.05, 0) is 38.5 Å². The zero-order valence-electron chi connectivity index (χ0n) is 20.7. The summed E-state index contributed by atoms with van der Waals surface area (Å²) in [5, 5.41) is 0. The fourth-order valence-corrected chi connectivity index (χ4v) is 3.83. The first-order valence-corrected chi connectivity index (χ1v) is 13.6. The van der Waals surface area contributed by atoms with E-state index >= 15 is 0 Å².